The molecule has 3 N–H and O–H groups in total. The number of hydrogen-bond donors (Lipinski definition) is 3. The molecule has 0 radical (unpaired) electrons. The Morgan fingerprint density at radius 3 is 2.88 bits per heavy atom. The summed E-state index contributed by atoms with van der Waals surface area (Å²) in [6.07, 6.45) is 2.39. The number of hydrogen-bond acceptors (Lipinski definition) is 2. The first-order valence-electron chi connectivity index (χ1n) is 5.23. The van der Waals surface area contributed by atoms with Crippen LogP contribution in [0.2, 0.25) is 0 Å². The summed E-state index contributed by atoms with van der Waals surface area (Å²) in [5.41, 5.74) is 0.519. The fourth-order valence-corrected chi connectivity index (χ4v) is 1.31. The second-order valence-electron chi connectivity index (χ2n) is 3.83. The van der Waals surface area contributed by atoms with Crippen molar-refractivity contribution in [3.8, 4) is 0 Å². The third-order valence-corrected chi connectivity index (χ3v) is 2.30. The van der Waals surface area contributed by atoms with E-state index in [-0.39, 0.29) is 18.2 Å². The van der Waals surface area contributed by atoms with Crippen LogP contribution in [0.4, 0.5) is 0 Å². The molecule has 1 aromatic heterocycles. The van der Waals surface area contributed by atoms with Gasteiger partial charge >= 0.3 is 5.97 Å². The average Bonchev–Trinajstić information content (AvgIpc) is 2.76. The standard InChI is InChI=1S/C11H16N2O3/c1-8(4-5-10(14)15)7-13-11(16)9-3-2-6-12-9/h2-3,6,8,12H,4-5,7H2,1H3,(H,13,16)(H,14,15). The quantitative estimate of drug-likeness (QED) is 0.680. The summed E-state index contributed by atoms with van der Waals surface area (Å²) < 4.78 is 0. The third kappa shape index (κ3) is 4.16. The number of aliphatic carboxylic acids is 1. The van der Waals surface area contributed by atoms with Crippen LogP contribution in [0.15, 0.2) is 18.3 Å². The van der Waals surface area contributed by atoms with Crippen LogP contribution in [0.25, 0.3) is 0 Å². The van der Waals surface area contributed by atoms with Gasteiger partial charge in [0.05, 0.1) is 0 Å². The molecule has 0 fully saturated rings. The van der Waals surface area contributed by atoms with E-state index in [0.29, 0.717) is 18.7 Å². The lowest BCUT2D eigenvalue weighted by Crippen LogP contribution is -2.28. The lowest BCUT2D eigenvalue weighted by Gasteiger charge is -2.10. The smallest absolute Gasteiger partial charge is 0.303 e. The summed E-state index contributed by atoms with van der Waals surface area (Å²) in [6.45, 7) is 2.41. The van der Waals surface area contributed by atoms with Crippen LogP contribution in [0.5, 0.6) is 0 Å². The van der Waals surface area contributed by atoms with Gasteiger partial charge in [-0.05, 0) is 24.5 Å². The van der Waals surface area contributed by atoms with Crippen molar-refractivity contribution in [2.45, 2.75) is 19.8 Å². The van der Waals surface area contributed by atoms with Crippen molar-refractivity contribution < 1.29 is 14.7 Å². The Morgan fingerprint density at radius 2 is 2.31 bits per heavy atom. The van der Waals surface area contributed by atoms with Gasteiger partial charge in [0, 0.05) is 19.2 Å². The Labute approximate surface area is 93.9 Å². The minimum Gasteiger partial charge on any atom is -0.481 e. The molecule has 1 atom stereocenters. The van der Waals surface area contributed by atoms with Gasteiger partial charge in [-0.15, -0.1) is 0 Å². The van der Waals surface area contributed by atoms with Crippen molar-refractivity contribution in [3.05, 3.63) is 24.0 Å². The zero-order chi connectivity index (χ0) is 12.0. The maximum Gasteiger partial charge on any atom is 0.303 e. The molecule has 0 saturated heterocycles. The van der Waals surface area contributed by atoms with E-state index in [1.165, 1.54) is 0 Å². The predicted octanol–water partition coefficient (Wildman–Crippen LogP) is 1.25. The van der Waals surface area contributed by atoms with Crippen LogP contribution in [-0.4, -0.2) is 28.5 Å². The zero-order valence-electron chi connectivity index (χ0n) is 9.19. The van der Waals surface area contributed by atoms with Crippen LogP contribution in [-0.2, 0) is 4.79 Å². The number of aromatic amines is 1. The molecule has 0 spiro atoms. The molecule has 5 heteroatoms. The van der Waals surface area contributed by atoms with E-state index in [2.05, 4.69) is 10.3 Å². The first-order valence-corrected chi connectivity index (χ1v) is 5.23. The van der Waals surface area contributed by atoms with Crippen molar-refractivity contribution in [2.75, 3.05) is 6.54 Å². The molecule has 1 aromatic rings. The predicted molar refractivity (Wildman–Crippen MR) is 59.2 cm³/mol. The Hall–Kier alpha value is -1.78. The molecule has 5 nitrogen and oxygen atoms in total. The molecular weight excluding hydrogens is 208 g/mol. The lowest BCUT2D eigenvalue weighted by molar-refractivity contribution is -0.137. The number of aromatic nitrogens is 1. The molecular formula is C11H16N2O3. The number of carbonyl (C=O) groups is 2. The van der Waals surface area contributed by atoms with E-state index in [1.807, 2.05) is 6.92 Å². The summed E-state index contributed by atoms with van der Waals surface area (Å²) in [4.78, 5) is 24.6. The number of nitrogens with one attached hydrogen (secondary N) is 2. The average molecular weight is 224 g/mol. The zero-order valence-corrected chi connectivity index (χ0v) is 9.19. The molecule has 0 aromatic carbocycles. The maximum atomic E-state index is 11.5. The summed E-state index contributed by atoms with van der Waals surface area (Å²) in [6, 6.07) is 3.44. The van der Waals surface area contributed by atoms with Gasteiger partial charge in [-0.25, -0.2) is 0 Å². The highest BCUT2D eigenvalue weighted by atomic mass is 16.4. The van der Waals surface area contributed by atoms with Crippen LogP contribution in [0, 0.1) is 5.92 Å². The number of carboxylic acid groups (broad SMARTS) is 1. The normalized spacial score (nSPS) is 12.1. The summed E-state index contributed by atoms with van der Waals surface area (Å²) in [5, 5.41) is 11.2. The Balaban J connectivity index is 2.24. The number of amides is 1. The summed E-state index contributed by atoms with van der Waals surface area (Å²) >= 11 is 0. The van der Waals surface area contributed by atoms with Gasteiger partial charge in [0.1, 0.15) is 5.69 Å². The molecule has 88 valence electrons. The monoisotopic (exact) mass is 224 g/mol. The van der Waals surface area contributed by atoms with Gasteiger partial charge in [0.25, 0.3) is 5.91 Å². The minimum atomic E-state index is -0.803. The largest absolute Gasteiger partial charge is 0.481 e. The molecule has 0 aliphatic heterocycles. The Bertz CT molecular complexity index is 346. The summed E-state index contributed by atoms with van der Waals surface area (Å²) in [5.74, 6) is -0.801. The Kier molecular flexibility index (Phi) is 4.57. The fraction of sp³-hybridized carbons (Fsp3) is 0.455. The van der Waals surface area contributed by atoms with Crippen molar-refractivity contribution in [1.82, 2.24) is 10.3 Å². The molecule has 1 heterocycles. The highest BCUT2D eigenvalue weighted by molar-refractivity contribution is 5.92. The molecule has 0 aliphatic rings. The SMILES string of the molecule is CC(CCC(=O)O)CNC(=O)c1ccc[nH]1. The molecule has 1 amide bonds. The van der Waals surface area contributed by atoms with Crippen LogP contribution in [0.3, 0.4) is 0 Å². The summed E-state index contributed by atoms with van der Waals surface area (Å²) in [7, 11) is 0. The second kappa shape index (κ2) is 5.95. The number of carbonyl (C=O) groups excluding carboxylic acids is 1. The molecule has 0 saturated carbocycles. The van der Waals surface area contributed by atoms with Crippen LogP contribution >= 0.6 is 0 Å². The first-order chi connectivity index (χ1) is 7.59. The maximum absolute atomic E-state index is 11.5. The van der Waals surface area contributed by atoms with Gasteiger partial charge in [-0.3, -0.25) is 9.59 Å². The van der Waals surface area contributed by atoms with E-state index in [1.54, 1.807) is 18.3 Å². The van der Waals surface area contributed by atoms with Crippen LogP contribution in [0.1, 0.15) is 30.3 Å². The molecule has 1 unspecified atom stereocenters. The van der Waals surface area contributed by atoms with Crippen molar-refractivity contribution in [2.24, 2.45) is 5.92 Å². The highest BCUT2D eigenvalue weighted by Crippen LogP contribution is 2.04. The number of H-pyrrole nitrogens is 1. The Morgan fingerprint density at radius 1 is 1.56 bits per heavy atom. The fourth-order valence-electron chi connectivity index (χ4n) is 1.31. The van der Waals surface area contributed by atoms with E-state index in [0.717, 1.165) is 0 Å². The molecule has 16 heavy (non-hydrogen) atoms. The van der Waals surface area contributed by atoms with Gasteiger partial charge in [0.2, 0.25) is 0 Å². The van der Waals surface area contributed by atoms with E-state index in [9.17, 15) is 9.59 Å². The van der Waals surface area contributed by atoms with Gasteiger partial charge in [-0.1, -0.05) is 6.92 Å². The van der Waals surface area contributed by atoms with Gasteiger partial charge in [-0.2, -0.15) is 0 Å². The number of rotatable bonds is 6. The van der Waals surface area contributed by atoms with Crippen LogP contribution < -0.4 is 5.32 Å². The third-order valence-electron chi connectivity index (χ3n) is 2.30. The van der Waals surface area contributed by atoms with Crippen molar-refractivity contribution in [3.63, 3.8) is 0 Å². The van der Waals surface area contributed by atoms with Gasteiger partial charge in [0.15, 0.2) is 0 Å². The van der Waals surface area contributed by atoms with E-state index < -0.39 is 5.97 Å². The van der Waals surface area contributed by atoms with E-state index >= 15 is 0 Å². The van der Waals surface area contributed by atoms with Crippen molar-refractivity contribution >= 4 is 11.9 Å². The lowest BCUT2D eigenvalue weighted by atomic mass is 10.1. The molecule has 0 bridgehead atoms. The first kappa shape index (κ1) is 12.3. The topological polar surface area (TPSA) is 82.2 Å². The molecule has 1 rings (SSSR count). The highest BCUT2D eigenvalue weighted by Gasteiger charge is 2.09. The second-order valence-corrected chi connectivity index (χ2v) is 3.83. The minimum absolute atomic E-state index is 0.138. The van der Waals surface area contributed by atoms with Gasteiger partial charge < -0.3 is 15.4 Å². The van der Waals surface area contributed by atoms with Crippen molar-refractivity contribution in [1.29, 1.82) is 0 Å². The number of carboxylic acids is 1. The molecule has 0 aliphatic carbocycles. The van der Waals surface area contributed by atoms with E-state index in [4.69, 9.17) is 5.11 Å².